The normalized spacial score (nSPS) is 13.0. The Morgan fingerprint density at radius 3 is 2.59 bits per heavy atom. The highest BCUT2D eigenvalue weighted by Crippen LogP contribution is 2.19. The third kappa shape index (κ3) is 4.44. The van der Waals surface area contributed by atoms with E-state index in [0.29, 0.717) is 0 Å². The molecule has 1 aromatic carbocycles. The highest BCUT2D eigenvalue weighted by atomic mass is 19.1. The van der Waals surface area contributed by atoms with E-state index >= 15 is 0 Å². The summed E-state index contributed by atoms with van der Waals surface area (Å²) < 4.78 is 13.6. The number of hydrogen-bond acceptors (Lipinski definition) is 2. The maximum Gasteiger partial charge on any atom is 0.127 e. The number of halogens is 1. The van der Waals surface area contributed by atoms with Crippen LogP contribution in [0.1, 0.15) is 31.4 Å². The molecule has 0 heterocycles. The van der Waals surface area contributed by atoms with E-state index in [-0.39, 0.29) is 11.9 Å². The molecule has 1 N–H and O–H groups in total. The van der Waals surface area contributed by atoms with E-state index in [0.717, 1.165) is 31.5 Å². The van der Waals surface area contributed by atoms with Crippen LogP contribution in [0.4, 0.5) is 4.39 Å². The van der Waals surface area contributed by atoms with Gasteiger partial charge in [0.1, 0.15) is 5.82 Å². The predicted molar refractivity (Wildman–Crippen MR) is 70.6 cm³/mol. The smallest absolute Gasteiger partial charge is 0.127 e. The summed E-state index contributed by atoms with van der Waals surface area (Å²) in [5.74, 6) is -0.120. The highest BCUT2D eigenvalue weighted by molar-refractivity contribution is 5.21. The Morgan fingerprint density at radius 1 is 1.29 bits per heavy atom. The number of benzene rings is 1. The van der Waals surface area contributed by atoms with Crippen LogP contribution in [0.2, 0.25) is 0 Å². The lowest BCUT2D eigenvalue weighted by atomic mass is 10.0. The Labute approximate surface area is 104 Å². The van der Waals surface area contributed by atoms with Crippen molar-refractivity contribution in [2.24, 2.45) is 0 Å². The number of hydrogen-bond donors (Lipinski definition) is 1. The average molecular weight is 238 g/mol. The largest absolute Gasteiger partial charge is 0.313 e. The van der Waals surface area contributed by atoms with Crippen LogP contribution in [-0.2, 0) is 0 Å². The second-order valence-electron chi connectivity index (χ2n) is 4.45. The second-order valence-corrected chi connectivity index (χ2v) is 4.45. The van der Waals surface area contributed by atoms with Crippen molar-refractivity contribution in [3.8, 4) is 0 Å². The standard InChI is InChI=1S/C14H23FN2/c1-4-10-17(3)11-9-14(16-2)12-7-5-6-8-13(12)15/h5-8,14,16H,4,9-11H2,1-3H3. The zero-order chi connectivity index (χ0) is 12.7. The van der Waals surface area contributed by atoms with Crippen molar-refractivity contribution in [3.63, 3.8) is 0 Å². The summed E-state index contributed by atoms with van der Waals surface area (Å²) in [6, 6.07) is 7.09. The lowest BCUT2D eigenvalue weighted by Crippen LogP contribution is -2.26. The van der Waals surface area contributed by atoms with Crippen molar-refractivity contribution in [1.29, 1.82) is 0 Å². The minimum atomic E-state index is -0.120. The van der Waals surface area contributed by atoms with Crippen molar-refractivity contribution >= 4 is 0 Å². The van der Waals surface area contributed by atoms with Crippen LogP contribution in [0.15, 0.2) is 24.3 Å². The second kappa shape index (κ2) is 7.41. The van der Waals surface area contributed by atoms with Crippen molar-refractivity contribution in [1.82, 2.24) is 10.2 Å². The van der Waals surface area contributed by atoms with Gasteiger partial charge in [0, 0.05) is 11.6 Å². The van der Waals surface area contributed by atoms with Crippen LogP contribution < -0.4 is 5.32 Å². The van der Waals surface area contributed by atoms with Crippen molar-refractivity contribution < 1.29 is 4.39 Å². The van der Waals surface area contributed by atoms with E-state index < -0.39 is 0 Å². The van der Waals surface area contributed by atoms with Crippen LogP contribution in [0, 0.1) is 5.82 Å². The monoisotopic (exact) mass is 238 g/mol. The molecule has 0 saturated carbocycles. The molecular weight excluding hydrogens is 215 g/mol. The van der Waals surface area contributed by atoms with Gasteiger partial charge in [0.05, 0.1) is 0 Å². The van der Waals surface area contributed by atoms with Gasteiger partial charge < -0.3 is 10.2 Å². The molecule has 0 fully saturated rings. The molecule has 0 saturated heterocycles. The van der Waals surface area contributed by atoms with Gasteiger partial charge in [0.15, 0.2) is 0 Å². The summed E-state index contributed by atoms with van der Waals surface area (Å²) >= 11 is 0. The summed E-state index contributed by atoms with van der Waals surface area (Å²) in [7, 11) is 3.99. The first-order valence-electron chi connectivity index (χ1n) is 6.29. The Morgan fingerprint density at radius 2 is 2.00 bits per heavy atom. The highest BCUT2D eigenvalue weighted by Gasteiger charge is 2.13. The van der Waals surface area contributed by atoms with Gasteiger partial charge in [0.2, 0.25) is 0 Å². The fourth-order valence-corrected chi connectivity index (χ4v) is 2.06. The molecule has 1 rings (SSSR count). The van der Waals surface area contributed by atoms with Gasteiger partial charge in [-0.25, -0.2) is 4.39 Å². The Kier molecular flexibility index (Phi) is 6.16. The summed E-state index contributed by atoms with van der Waals surface area (Å²) in [4.78, 5) is 2.28. The van der Waals surface area contributed by atoms with Gasteiger partial charge >= 0.3 is 0 Å². The fourth-order valence-electron chi connectivity index (χ4n) is 2.06. The first kappa shape index (κ1) is 14.1. The fraction of sp³-hybridized carbons (Fsp3) is 0.571. The molecule has 0 aromatic heterocycles. The summed E-state index contributed by atoms with van der Waals surface area (Å²) in [5, 5.41) is 3.19. The van der Waals surface area contributed by atoms with Gasteiger partial charge in [-0.1, -0.05) is 25.1 Å². The molecule has 2 nitrogen and oxygen atoms in total. The van der Waals surface area contributed by atoms with E-state index in [2.05, 4.69) is 24.2 Å². The Bertz CT molecular complexity index is 328. The quantitative estimate of drug-likeness (QED) is 0.786. The molecule has 1 atom stereocenters. The van der Waals surface area contributed by atoms with Gasteiger partial charge in [-0.2, -0.15) is 0 Å². The minimum absolute atomic E-state index is 0.0931. The van der Waals surface area contributed by atoms with Crippen LogP contribution in [0.5, 0.6) is 0 Å². The summed E-state index contributed by atoms with van der Waals surface area (Å²) in [5.41, 5.74) is 0.764. The maximum absolute atomic E-state index is 13.6. The predicted octanol–water partition coefficient (Wildman–Crippen LogP) is 2.82. The molecular formula is C14H23FN2. The van der Waals surface area contributed by atoms with Crippen LogP contribution >= 0.6 is 0 Å². The molecule has 0 spiro atoms. The van der Waals surface area contributed by atoms with E-state index in [1.807, 2.05) is 19.2 Å². The third-order valence-electron chi connectivity index (χ3n) is 3.03. The molecule has 0 bridgehead atoms. The number of rotatable bonds is 7. The van der Waals surface area contributed by atoms with E-state index in [1.54, 1.807) is 6.07 Å². The van der Waals surface area contributed by atoms with E-state index in [9.17, 15) is 4.39 Å². The molecule has 3 heteroatoms. The molecule has 0 aliphatic heterocycles. The van der Waals surface area contributed by atoms with E-state index in [4.69, 9.17) is 0 Å². The van der Waals surface area contributed by atoms with Gasteiger partial charge in [-0.3, -0.25) is 0 Å². The Balaban J connectivity index is 2.57. The average Bonchev–Trinajstić information content (AvgIpc) is 2.32. The molecule has 96 valence electrons. The number of nitrogens with one attached hydrogen (secondary N) is 1. The zero-order valence-corrected chi connectivity index (χ0v) is 11.0. The first-order valence-corrected chi connectivity index (χ1v) is 6.29. The SMILES string of the molecule is CCCN(C)CCC(NC)c1ccccc1F. The lowest BCUT2D eigenvalue weighted by molar-refractivity contribution is 0.309. The topological polar surface area (TPSA) is 15.3 Å². The summed E-state index contributed by atoms with van der Waals surface area (Å²) in [6.07, 6.45) is 2.08. The van der Waals surface area contributed by atoms with Crippen LogP contribution in [0.25, 0.3) is 0 Å². The number of nitrogens with zero attached hydrogens (tertiary/aromatic N) is 1. The molecule has 0 radical (unpaired) electrons. The molecule has 0 amide bonds. The van der Waals surface area contributed by atoms with Crippen LogP contribution in [0.3, 0.4) is 0 Å². The first-order chi connectivity index (χ1) is 8.19. The van der Waals surface area contributed by atoms with Crippen molar-refractivity contribution in [2.75, 3.05) is 27.2 Å². The van der Waals surface area contributed by atoms with Gasteiger partial charge in [0.25, 0.3) is 0 Å². The van der Waals surface area contributed by atoms with Crippen molar-refractivity contribution in [3.05, 3.63) is 35.6 Å². The minimum Gasteiger partial charge on any atom is -0.313 e. The molecule has 17 heavy (non-hydrogen) atoms. The maximum atomic E-state index is 13.6. The van der Waals surface area contributed by atoms with E-state index in [1.165, 1.54) is 6.07 Å². The molecule has 1 aromatic rings. The van der Waals surface area contributed by atoms with Crippen LogP contribution in [-0.4, -0.2) is 32.1 Å². The third-order valence-corrected chi connectivity index (χ3v) is 3.03. The Hall–Kier alpha value is -0.930. The molecule has 0 aliphatic rings. The zero-order valence-electron chi connectivity index (χ0n) is 11.0. The van der Waals surface area contributed by atoms with Gasteiger partial charge in [-0.05, 0) is 46.1 Å². The van der Waals surface area contributed by atoms with Crippen molar-refractivity contribution in [2.45, 2.75) is 25.8 Å². The summed E-state index contributed by atoms with van der Waals surface area (Å²) in [6.45, 7) is 4.24. The molecule has 1 unspecified atom stereocenters. The van der Waals surface area contributed by atoms with Gasteiger partial charge in [-0.15, -0.1) is 0 Å². The molecule has 0 aliphatic carbocycles. The lowest BCUT2D eigenvalue weighted by Gasteiger charge is -2.21.